The molecule has 34 heavy (non-hydrogen) atoms. The average Bonchev–Trinajstić information content (AvgIpc) is 2.85. The summed E-state index contributed by atoms with van der Waals surface area (Å²) in [5, 5.41) is 0. The van der Waals surface area contributed by atoms with E-state index in [0.29, 0.717) is 46.3 Å². The van der Waals surface area contributed by atoms with Crippen LogP contribution in [-0.4, -0.2) is 46.2 Å². The minimum Gasteiger partial charge on any atom is -0.493 e. The zero-order valence-corrected chi connectivity index (χ0v) is 20.4. The summed E-state index contributed by atoms with van der Waals surface area (Å²) in [6.07, 6.45) is 5.67. The minimum absolute atomic E-state index is 0.257. The third-order valence-electron chi connectivity index (χ3n) is 5.22. The van der Waals surface area contributed by atoms with Gasteiger partial charge in [0.15, 0.2) is 34.9 Å². The smallest absolute Gasteiger partial charge is 0.258 e. The van der Waals surface area contributed by atoms with Gasteiger partial charge in [-0.3, -0.25) is 9.59 Å². The highest BCUT2D eigenvalue weighted by Crippen LogP contribution is 2.38. The molecule has 0 heterocycles. The number of amides is 1. The maximum Gasteiger partial charge on any atom is 0.258 e. The molecule has 1 amide bonds. The third-order valence-corrected chi connectivity index (χ3v) is 5.22. The Balaban J connectivity index is 2.27. The maximum atomic E-state index is 12.8. The summed E-state index contributed by atoms with van der Waals surface area (Å²) >= 11 is 0. The van der Waals surface area contributed by atoms with E-state index in [4.69, 9.17) is 29.4 Å². The number of methoxy groups -OCH3 is 4. The molecule has 1 atom stereocenters. The molecular weight excluding hydrogens is 438 g/mol. The molecule has 0 radical (unpaired) electrons. The number of carbonyl (C=O) groups is 2. The molecule has 0 bridgehead atoms. The number of carbonyl (C=O) groups excluding carboxylic acids is 2. The Kier molecular flexibility index (Phi) is 10.3. The molecule has 2 aromatic carbocycles. The van der Waals surface area contributed by atoms with Crippen LogP contribution in [0.25, 0.3) is 6.08 Å². The van der Waals surface area contributed by atoms with Gasteiger partial charge in [0.1, 0.15) is 0 Å². The van der Waals surface area contributed by atoms with Crippen molar-refractivity contribution < 1.29 is 33.3 Å². The van der Waals surface area contributed by atoms with E-state index in [1.807, 2.05) is 0 Å². The van der Waals surface area contributed by atoms with Crippen molar-refractivity contribution in [1.29, 1.82) is 0 Å². The van der Waals surface area contributed by atoms with Gasteiger partial charge in [0.05, 0.1) is 28.4 Å². The van der Waals surface area contributed by atoms with Gasteiger partial charge in [-0.15, -0.1) is 0 Å². The van der Waals surface area contributed by atoms with E-state index in [-0.39, 0.29) is 5.78 Å². The fraction of sp³-hybridized carbons (Fsp3) is 0.385. The van der Waals surface area contributed by atoms with Gasteiger partial charge in [0, 0.05) is 5.56 Å². The zero-order valence-electron chi connectivity index (χ0n) is 20.4. The summed E-state index contributed by atoms with van der Waals surface area (Å²) in [6.45, 7) is 2.08. The maximum absolute atomic E-state index is 12.8. The molecule has 8 heteroatoms. The van der Waals surface area contributed by atoms with Gasteiger partial charge < -0.3 is 29.4 Å². The minimum atomic E-state index is -0.763. The van der Waals surface area contributed by atoms with Crippen LogP contribution < -0.4 is 29.4 Å². The molecule has 0 saturated carbocycles. The van der Waals surface area contributed by atoms with Crippen LogP contribution in [0.4, 0.5) is 0 Å². The molecule has 0 saturated heterocycles. The van der Waals surface area contributed by atoms with Gasteiger partial charge >= 0.3 is 0 Å². The lowest BCUT2D eigenvalue weighted by atomic mass is 10.1. The molecule has 0 spiro atoms. The van der Waals surface area contributed by atoms with Crippen LogP contribution in [0, 0.1) is 0 Å². The molecule has 2 rings (SSSR count). The Hall–Kier alpha value is -3.68. The first-order valence-corrected chi connectivity index (χ1v) is 11.0. The highest BCUT2D eigenvalue weighted by Gasteiger charge is 2.19. The lowest BCUT2D eigenvalue weighted by molar-refractivity contribution is -0.125. The molecule has 2 aromatic rings. The van der Waals surface area contributed by atoms with Gasteiger partial charge in [-0.05, 0) is 48.7 Å². The van der Waals surface area contributed by atoms with E-state index >= 15 is 0 Å². The van der Waals surface area contributed by atoms with Crippen LogP contribution >= 0.6 is 0 Å². The lowest BCUT2D eigenvalue weighted by Gasteiger charge is -2.18. The summed E-state index contributed by atoms with van der Waals surface area (Å²) in [5.41, 5.74) is 6.60. The van der Waals surface area contributed by atoms with E-state index in [2.05, 4.69) is 6.92 Å². The number of rotatable bonds is 14. The molecule has 0 aliphatic rings. The van der Waals surface area contributed by atoms with Crippen molar-refractivity contribution in [3.8, 4) is 28.7 Å². The molecule has 8 nitrogen and oxygen atoms in total. The topological polar surface area (TPSA) is 106 Å². The molecule has 2 N–H and O–H groups in total. The van der Waals surface area contributed by atoms with Crippen molar-refractivity contribution in [3.63, 3.8) is 0 Å². The molecule has 0 aliphatic carbocycles. The van der Waals surface area contributed by atoms with Crippen LogP contribution in [0.2, 0.25) is 0 Å². The van der Waals surface area contributed by atoms with Crippen molar-refractivity contribution in [2.24, 2.45) is 5.73 Å². The Bertz CT molecular complexity index is 991. The number of hydrogen-bond acceptors (Lipinski definition) is 7. The van der Waals surface area contributed by atoms with Crippen LogP contribution in [0.5, 0.6) is 28.7 Å². The lowest BCUT2D eigenvalue weighted by Crippen LogP contribution is -2.33. The second kappa shape index (κ2) is 13.1. The Labute approximate surface area is 200 Å². The van der Waals surface area contributed by atoms with Gasteiger partial charge in [0.2, 0.25) is 5.75 Å². The predicted octanol–water partition coefficient (Wildman–Crippen LogP) is 4.43. The second-order valence-electron chi connectivity index (χ2n) is 7.53. The first-order chi connectivity index (χ1) is 16.4. The Morgan fingerprint density at radius 2 is 1.53 bits per heavy atom. The van der Waals surface area contributed by atoms with Gasteiger partial charge in [-0.2, -0.15) is 0 Å². The van der Waals surface area contributed by atoms with Crippen molar-refractivity contribution in [3.05, 3.63) is 47.5 Å². The average molecular weight is 472 g/mol. The molecule has 0 aliphatic heterocycles. The summed E-state index contributed by atoms with van der Waals surface area (Å²) < 4.78 is 27.2. The normalized spacial score (nSPS) is 11.7. The standard InChI is InChI=1S/C26H33NO7/c1-6-7-8-9-21(26(27)29)34-22-14-17(11-13-20(22)30-2)10-12-19(28)18-15-23(31-3)25(33-5)24(16-18)32-4/h10-16,21H,6-9H2,1-5H3,(H2,27,29)/b12-10+. The SMILES string of the molecule is CCCCCC(Oc1cc(/C=C/C(=O)c2cc(OC)c(OC)c(OC)c2)ccc1OC)C(N)=O. The van der Waals surface area contributed by atoms with Crippen LogP contribution in [0.3, 0.4) is 0 Å². The highest BCUT2D eigenvalue weighted by molar-refractivity contribution is 6.07. The number of nitrogens with two attached hydrogens (primary N) is 1. The van der Waals surface area contributed by atoms with Crippen molar-refractivity contribution in [1.82, 2.24) is 0 Å². The predicted molar refractivity (Wildman–Crippen MR) is 130 cm³/mol. The fourth-order valence-corrected chi connectivity index (χ4v) is 3.37. The summed E-state index contributed by atoms with van der Waals surface area (Å²) in [4.78, 5) is 24.7. The van der Waals surface area contributed by atoms with Crippen molar-refractivity contribution in [2.75, 3.05) is 28.4 Å². The van der Waals surface area contributed by atoms with E-state index in [0.717, 1.165) is 19.3 Å². The first kappa shape index (κ1) is 26.6. The Morgan fingerprint density at radius 1 is 0.882 bits per heavy atom. The molecule has 184 valence electrons. The summed E-state index contributed by atoms with van der Waals surface area (Å²) in [6, 6.07) is 8.37. The molecule has 0 aromatic heterocycles. The number of hydrogen-bond donors (Lipinski definition) is 1. The highest BCUT2D eigenvalue weighted by atomic mass is 16.5. The largest absolute Gasteiger partial charge is 0.493 e. The summed E-state index contributed by atoms with van der Waals surface area (Å²) in [5.74, 6) is 1.24. The number of unbranched alkanes of at least 4 members (excludes halogenated alkanes) is 2. The molecule has 1 unspecified atom stereocenters. The van der Waals surface area contributed by atoms with Crippen LogP contribution in [-0.2, 0) is 4.79 Å². The van der Waals surface area contributed by atoms with E-state index in [9.17, 15) is 9.59 Å². The van der Waals surface area contributed by atoms with Crippen LogP contribution in [0.1, 0.15) is 48.5 Å². The van der Waals surface area contributed by atoms with Gasteiger partial charge in [-0.1, -0.05) is 31.9 Å². The first-order valence-electron chi connectivity index (χ1n) is 11.0. The number of ether oxygens (including phenoxy) is 5. The van der Waals surface area contributed by atoms with E-state index in [1.165, 1.54) is 34.5 Å². The summed E-state index contributed by atoms with van der Waals surface area (Å²) in [7, 11) is 5.99. The zero-order chi connectivity index (χ0) is 25.1. The van der Waals surface area contributed by atoms with Gasteiger partial charge in [-0.25, -0.2) is 0 Å². The molecule has 0 fully saturated rings. The van der Waals surface area contributed by atoms with Crippen molar-refractivity contribution >= 4 is 17.8 Å². The van der Waals surface area contributed by atoms with E-state index in [1.54, 1.807) is 36.4 Å². The quantitative estimate of drug-likeness (QED) is 0.247. The van der Waals surface area contributed by atoms with Gasteiger partial charge in [0.25, 0.3) is 5.91 Å². The second-order valence-corrected chi connectivity index (χ2v) is 7.53. The number of primary amides is 1. The molecular formula is C26H33NO7. The Morgan fingerprint density at radius 3 is 2.06 bits per heavy atom. The van der Waals surface area contributed by atoms with Crippen molar-refractivity contribution in [2.45, 2.75) is 38.7 Å². The number of allylic oxidation sites excluding steroid dienone is 1. The van der Waals surface area contributed by atoms with E-state index < -0.39 is 12.0 Å². The van der Waals surface area contributed by atoms with Crippen LogP contribution in [0.15, 0.2) is 36.4 Å². The third kappa shape index (κ3) is 6.91. The fourth-order valence-electron chi connectivity index (χ4n) is 3.37. The number of ketones is 1. The number of benzene rings is 2. The monoisotopic (exact) mass is 471 g/mol.